The second kappa shape index (κ2) is 11.9. The van der Waals surface area contributed by atoms with Crippen molar-refractivity contribution in [1.82, 2.24) is 20.5 Å². The molecule has 174 valence electrons. The van der Waals surface area contributed by atoms with E-state index in [0.29, 0.717) is 5.82 Å². The molecule has 1 aromatic heterocycles. The molecule has 2 saturated heterocycles. The Morgan fingerprint density at radius 3 is 2.77 bits per heavy atom. The third-order valence-corrected chi connectivity index (χ3v) is 7.60. The topological polar surface area (TPSA) is 55.8 Å². The predicted molar refractivity (Wildman–Crippen MR) is 139 cm³/mol. The van der Waals surface area contributed by atoms with E-state index >= 15 is 0 Å². The quantitative estimate of drug-likeness (QED) is 0.315. The molecule has 2 N–H and O–H groups in total. The Morgan fingerprint density at radius 2 is 2.06 bits per heavy atom. The molecule has 9 heteroatoms. The first-order valence-electron chi connectivity index (χ1n) is 11.4. The maximum atomic E-state index is 14.1. The Labute approximate surface area is 207 Å². The number of pyridine rings is 1. The number of anilines is 1. The van der Waals surface area contributed by atoms with Crippen LogP contribution in [0.2, 0.25) is 0 Å². The smallest absolute Gasteiger partial charge is 0.191 e. The van der Waals surface area contributed by atoms with Crippen LogP contribution in [0, 0.1) is 5.82 Å². The van der Waals surface area contributed by atoms with Gasteiger partial charge in [-0.1, -0.05) is 12.8 Å². The van der Waals surface area contributed by atoms with Crippen molar-refractivity contribution in [1.29, 1.82) is 0 Å². The molecule has 1 atom stereocenters. The zero-order chi connectivity index (χ0) is 20.8. The van der Waals surface area contributed by atoms with Gasteiger partial charge in [0.2, 0.25) is 0 Å². The highest BCUT2D eigenvalue weighted by atomic mass is 127. The zero-order valence-electron chi connectivity index (χ0n) is 18.5. The van der Waals surface area contributed by atoms with E-state index in [0.717, 1.165) is 38.6 Å². The van der Waals surface area contributed by atoms with Crippen molar-refractivity contribution in [2.45, 2.75) is 50.6 Å². The molecule has 3 heterocycles. The number of aliphatic imine (C=N–C) groups is 1. The largest absolute Gasteiger partial charge is 0.357 e. The number of halogens is 2. The van der Waals surface area contributed by atoms with Gasteiger partial charge in [0.25, 0.3) is 0 Å². The molecule has 2 aliphatic heterocycles. The van der Waals surface area contributed by atoms with E-state index in [9.17, 15) is 4.39 Å². The highest BCUT2D eigenvalue weighted by molar-refractivity contribution is 14.0. The number of hydrogen-bond donors (Lipinski definition) is 2. The van der Waals surface area contributed by atoms with Crippen LogP contribution in [-0.2, 0) is 0 Å². The molecule has 1 unspecified atom stereocenters. The molecule has 6 nitrogen and oxygen atoms in total. The van der Waals surface area contributed by atoms with Crippen LogP contribution in [0.25, 0.3) is 0 Å². The SMILES string of the molecule is CCNC(=NCC1(N2CCSCC2)CCCC1)NC1CCN(c2ncccc2F)C1.I. The molecule has 0 amide bonds. The molecule has 0 spiro atoms. The van der Waals surface area contributed by atoms with Crippen molar-refractivity contribution < 1.29 is 4.39 Å². The van der Waals surface area contributed by atoms with Gasteiger partial charge in [0.15, 0.2) is 17.6 Å². The predicted octanol–water partition coefficient (Wildman–Crippen LogP) is 3.33. The summed E-state index contributed by atoms with van der Waals surface area (Å²) in [7, 11) is 0. The van der Waals surface area contributed by atoms with Crippen LogP contribution in [0.4, 0.5) is 10.2 Å². The highest BCUT2D eigenvalue weighted by Crippen LogP contribution is 2.37. The number of thioether (sulfide) groups is 1. The minimum atomic E-state index is -0.249. The van der Waals surface area contributed by atoms with Crippen LogP contribution in [0.15, 0.2) is 23.3 Å². The molecule has 0 bridgehead atoms. The van der Waals surface area contributed by atoms with Crippen molar-refractivity contribution >= 4 is 47.5 Å². The molecule has 31 heavy (non-hydrogen) atoms. The first-order valence-corrected chi connectivity index (χ1v) is 12.6. The average Bonchev–Trinajstić information content (AvgIpc) is 3.44. The lowest BCUT2D eigenvalue weighted by Crippen LogP contribution is -2.53. The Kier molecular flexibility index (Phi) is 9.51. The molecule has 0 aromatic carbocycles. The Hall–Kier alpha value is -0.810. The third-order valence-electron chi connectivity index (χ3n) is 6.66. The van der Waals surface area contributed by atoms with Gasteiger partial charge in [0.1, 0.15) is 0 Å². The molecule has 4 rings (SSSR count). The van der Waals surface area contributed by atoms with E-state index in [1.165, 1.54) is 56.3 Å². The van der Waals surface area contributed by atoms with E-state index in [1.807, 2.05) is 4.90 Å². The van der Waals surface area contributed by atoms with Gasteiger partial charge in [-0.3, -0.25) is 9.89 Å². The van der Waals surface area contributed by atoms with E-state index in [1.54, 1.807) is 12.3 Å². The van der Waals surface area contributed by atoms with Crippen LogP contribution in [0.5, 0.6) is 0 Å². The number of rotatable bonds is 6. The molecule has 1 aliphatic carbocycles. The summed E-state index contributed by atoms with van der Waals surface area (Å²) in [6.07, 6.45) is 7.76. The summed E-state index contributed by atoms with van der Waals surface area (Å²) in [6.45, 7) is 7.74. The lowest BCUT2D eigenvalue weighted by atomic mass is 9.95. The normalized spacial score (nSPS) is 24.1. The molecule has 1 aromatic rings. The minimum Gasteiger partial charge on any atom is -0.357 e. The van der Waals surface area contributed by atoms with Gasteiger partial charge in [0.05, 0.1) is 6.54 Å². The molecule has 0 radical (unpaired) electrons. The number of hydrogen-bond acceptors (Lipinski definition) is 5. The summed E-state index contributed by atoms with van der Waals surface area (Å²) < 4.78 is 14.1. The second-order valence-electron chi connectivity index (χ2n) is 8.61. The highest BCUT2D eigenvalue weighted by Gasteiger charge is 2.40. The van der Waals surface area contributed by atoms with Crippen molar-refractivity contribution in [2.24, 2.45) is 4.99 Å². The van der Waals surface area contributed by atoms with Crippen molar-refractivity contribution in [3.63, 3.8) is 0 Å². The summed E-state index contributed by atoms with van der Waals surface area (Å²) in [5.41, 5.74) is 0.238. The van der Waals surface area contributed by atoms with Crippen LogP contribution >= 0.6 is 35.7 Å². The zero-order valence-corrected chi connectivity index (χ0v) is 21.6. The number of aromatic nitrogens is 1. The summed E-state index contributed by atoms with van der Waals surface area (Å²) in [4.78, 5) is 14.0. The molecule has 3 aliphatic rings. The summed E-state index contributed by atoms with van der Waals surface area (Å²) in [5.74, 6) is 3.58. The van der Waals surface area contributed by atoms with Crippen LogP contribution in [0.1, 0.15) is 39.0 Å². The summed E-state index contributed by atoms with van der Waals surface area (Å²) >= 11 is 2.07. The monoisotopic (exact) mass is 562 g/mol. The third kappa shape index (κ3) is 6.16. The Morgan fingerprint density at radius 1 is 1.29 bits per heavy atom. The van der Waals surface area contributed by atoms with E-state index < -0.39 is 0 Å². The van der Waals surface area contributed by atoms with Gasteiger partial charge in [-0.25, -0.2) is 9.37 Å². The van der Waals surface area contributed by atoms with Crippen LogP contribution < -0.4 is 15.5 Å². The first kappa shape index (κ1) is 24.8. The summed E-state index contributed by atoms with van der Waals surface area (Å²) in [5, 5.41) is 7.03. The molecular formula is C22H36FIN6S. The van der Waals surface area contributed by atoms with Crippen molar-refractivity contribution in [3.8, 4) is 0 Å². The van der Waals surface area contributed by atoms with E-state index in [4.69, 9.17) is 4.99 Å². The number of nitrogens with one attached hydrogen (secondary N) is 2. The van der Waals surface area contributed by atoms with E-state index in [2.05, 4.69) is 39.2 Å². The van der Waals surface area contributed by atoms with Gasteiger partial charge in [0, 0.05) is 62.0 Å². The Bertz CT molecular complexity index is 724. The van der Waals surface area contributed by atoms with Crippen molar-refractivity contribution in [2.75, 3.05) is 55.7 Å². The fraction of sp³-hybridized carbons (Fsp3) is 0.727. The minimum absolute atomic E-state index is 0. The second-order valence-corrected chi connectivity index (χ2v) is 9.84. The standard InChI is InChI=1S/C22H35FN6S.HI/c1-2-24-21(26-17-22(8-3-4-9-22)29-12-14-30-15-13-29)27-18-7-11-28(16-18)20-19(23)6-5-10-25-20;/h5-6,10,18H,2-4,7-9,11-17H2,1H3,(H2,24,26,27);1H. The van der Waals surface area contributed by atoms with Crippen LogP contribution in [0.3, 0.4) is 0 Å². The summed E-state index contributed by atoms with van der Waals surface area (Å²) in [6, 6.07) is 3.37. The van der Waals surface area contributed by atoms with Crippen LogP contribution in [-0.4, -0.2) is 78.2 Å². The molecule has 1 saturated carbocycles. The lowest BCUT2D eigenvalue weighted by Gasteiger charge is -2.42. The number of nitrogens with zero attached hydrogens (tertiary/aromatic N) is 4. The first-order chi connectivity index (χ1) is 14.7. The fourth-order valence-electron chi connectivity index (χ4n) is 5.07. The lowest BCUT2D eigenvalue weighted by molar-refractivity contribution is 0.112. The van der Waals surface area contributed by atoms with Gasteiger partial charge in [-0.2, -0.15) is 11.8 Å². The fourth-order valence-corrected chi connectivity index (χ4v) is 5.97. The van der Waals surface area contributed by atoms with Gasteiger partial charge in [-0.05, 0) is 38.3 Å². The Balaban J connectivity index is 0.00000272. The van der Waals surface area contributed by atoms with Gasteiger partial charge >= 0.3 is 0 Å². The van der Waals surface area contributed by atoms with Gasteiger partial charge < -0.3 is 15.5 Å². The van der Waals surface area contributed by atoms with Crippen molar-refractivity contribution in [3.05, 3.63) is 24.1 Å². The number of guanidine groups is 1. The molecule has 3 fully saturated rings. The average molecular weight is 563 g/mol. The van der Waals surface area contributed by atoms with E-state index in [-0.39, 0.29) is 41.4 Å². The maximum absolute atomic E-state index is 14.1. The molecular weight excluding hydrogens is 526 g/mol. The van der Waals surface area contributed by atoms with Gasteiger partial charge in [-0.15, -0.1) is 24.0 Å². The maximum Gasteiger partial charge on any atom is 0.191 e.